The number of halogens is 1. The number of benzene rings is 1. The van der Waals surface area contributed by atoms with E-state index < -0.39 is 0 Å². The van der Waals surface area contributed by atoms with Gasteiger partial charge in [0, 0.05) is 22.9 Å². The summed E-state index contributed by atoms with van der Waals surface area (Å²) >= 11 is 5.89. The van der Waals surface area contributed by atoms with E-state index in [0.717, 1.165) is 19.4 Å². The highest BCUT2D eigenvalue weighted by Crippen LogP contribution is 2.21. The number of hydrogen-bond donors (Lipinski definition) is 2. The molecule has 1 aromatic carbocycles. The third-order valence-corrected chi connectivity index (χ3v) is 3.25. The Morgan fingerprint density at radius 1 is 1.50 bits per heavy atom. The molecule has 0 bridgehead atoms. The van der Waals surface area contributed by atoms with E-state index in [1.165, 1.54) is 0 Å². The van der Waals surface area contributed by atoms with Crippen molar-refractivity contribution < 1.29 is 9.53 Å². The quantitative estimate of drug-likeness (QED) is 0.809. The normalized spacial score (nSPS) is 23.7. The number of ether oxygens (including phenoxy) is 1. The molecule has 0 radical (unpaired) electrons. The summed E-state index contributed by atoms with van der Waals surface area (Å²) in [5, 5.41) is 3.45. The van der Waals surface area contributed by atoms with Crippen LogP contribution in [0.4, 0.5) is 5.69 Å². The second-order valence-corrected chi connectivity index (χ2v) is 5.38. The molecule has 1 aromatic rings. The molecule has 0 aromatic heterocycles. The summed E-state index contributed by atoms with van der Waals surface area (Å²) in [7, 11) is 0. The van der Waals surface area contributed by atoms with Crippen LogP contribution in [0.3, 0.4) is 0 Å². The van der Waals surface area contributed by atoms with Crippen molar-refractivity contribution in [3.05, 3.63) is 28.8 Å². The number of anilines is 1. The highest BCUT2D eigenvalue weighted by Gasteiger charge is 2.29. The number of nitrogens with one attached hydrogen (secondary N) is 1. The van der Waals surface area contributed by atoms with Crippen molar-refractivity contribution >= 4 is 23.2 Å². The van der Waals surface area contributed by atoms with Gasteiger partial charge >= 0.3 is 0 Å². The molecule has 5 heteroatoms. The monoisotopic (exact) mass is 268 g/mol. The van der Waals surface area contributed by atoms with Crippen LogP contribution in [-0.2, 0) is 4.74 Å². The van der Waals surface area contributed by atoms with Crippen LogP contribution in [0.25, 0.3) is 0 Å². The molecule has 0 aliphatic carbocycles. The fraction of sp³-hybridized carbons (Fsp3) is 0.462. The summed E-state index contributed by atoms with van der Waals surface area (Å²) in [6.07, 6.45) is 1.86. The minimum atomic E-state index is -0.313. The first-order chi connectivity index (χ1) is 8.48. The molecular weight excluding hydrogens is 252 g/mol. The molecule has 0 spiro atoms. The van der Waals surface area contributed by atoms with Gasteiger partial charge in [-0.2, -0.15) is 0 Å². The van der Waals surface area contributed by atoms with E-state index >= 15 is 0 Å². The van der Waals surface area contributed by atoms with E-state index in [1.807, 2.05) is 6.92 Å². The highest BCUT2D eigenvalue weighted by atomic mass is 35.5. The van der Waals surface area contributed by atoms with Crippen molar-refractivity contribution in [3.8, 4) is 0 Å². The van der Waals surface area contributed by atoms with Crippen LogP contribution in [0, 0.1) is 0 Å². The van der Waals surface area contributed by atoms with Crippen molar-refractivity contribution in [1.29, 1.82) is 0 Å². The molecule has 1 fully saturated rings. The Morgan fingerprint density at radius 2 is 2.28 bits per heavy atom. The Bertz CT molecular complexity index is 436. The van der Waals surface area contributed by atoms with Gasteiger partial charge in [0.1, 0.15) is 0 Å². The van der Waals surface area contributed by atoms with Crippen LogP contribution in [0.5, 0.6) is 0 Å². The molecule has 1 saturated heterocycles. The number of carbonyl (C=O) groups is 1. The lowest BCUT2D eigenvalue weighted by Crippen LogP contribution is -2.51. The van der Waals surface area contributed by atoms with Gasteiger partial charge in [0.15, 0.2) is 0 Å². The van der Waals surface area contributed by atoms with Gasteiger partial charge in [-0.1, -0.05) is 11.6 Å². The minimum absolute atomic E-state index is 0.169. The van der Waals surface area contributed by atoms with Gasteiger partial charge in [-0.25, -0.2) is 0 Å². The second kappa shape index (κ2) is 5.16. The number of hydrogen-bond acceptors (Lipinski definition) is 3. The lowest BCUT2D eigenvalue weighted by atomic mass is 9.94. The first-order valence-corrected chi connectivity index (χ1v) is 6.33. The number of nitrogen functional groups attached to an aromatic ring is 1. The van der Waals surface area contributed by atoms with Crippen LogP contribution in [0.2, 0.25) is 5.02 Å². The SMILES string of the molecule is CC1(NC(=O)c2cc(N)cc(Cl)c2)CCCOC1. The zero-order valence-electron chi connectivity index (χ0n) is 10.3. The fourth-order valence-corrected chi connectivity index (χ4v) is 2.37. The molecule has 1 aliphatic rings. The summed E-state index contributed by atoms with van der Waals surface area (Å²) in [4.78, 5) is 12.1. The highest BCUT2D eigenvalue weighted by molar-refractivity contribution is 6.31. The second-order valence-electron chi connectivity index (χ2n) is 4.94. The third kappa shape index (κ3) is 3.15. The Balaban J connectivity index is 2.11. The molecule has 1 unspecified atom stereocenters. The van der Waals surface area contributed by atoms with Gasteiger partial charge in [0.25, 0.3) is 5.91 Å². The van der Waals surface area contributed by atoms with Crippen molar-refractivity contribution in [2.45, 2.75) is 25.3 Å². The van der Waals surface area contributed by atoms with E-state index in [4.69, 9.17) is 22.1 Å². The zero-order chi connectivity index (χ0) is 13.2. The Hall–Kier alpha value is -1.26. The van der Waals surface area contributed by atoms with E-state index in [2.05, 4.69) is 5.32 Å². The molecule has 98 valence electrons. The molecule has 1 amide bonds. The molecule has 18 heavy (non-hydrogen) atoms. The van der Waals surface area contributed by atoms with Crippen LogP contribution < -0.4 is 11.1 Å². The predicted molar refractivity (Wildman–Crippen MR) is 71.8 cm³/mol. The first kappa shape index (κ1) is 13.2. The Morgan fingerprint density at radius 3 is 2.89 bits per heavy atom. The molecule has 2 rings (SSSR count). The van der Waals surface area contributed by atoms with Crippen molar-refractivity contribution in [2.75, 3.05) is 18.9 Å². The summed E-state index contributed by atoms with van der Waals surface area (Å²) in [5.74, 6) is -0.169. The van der Waals surface area contributed by atoms with Gasteiger partial charge in [0.2, 0.25) is 0 Å². The Labute approximate surface area is 111 Å². The van der Waals surface area contributed by atoms with Gasteiger partial charge in [-0.15, -0.1) is 0 Å². The van der Waals surface area contributed by atoms with Crippen molar-refractivity contribution in [1.82, 2.24) is 5.32 Å². The number of carbonyl (C=O) groups excluding carboxylic acids is 1. The standard InChI is InChI=1S/C13H17ClN2O2/c1-13(3-2-4-18-8-13)16-12(17)9-5-10(14)7-11(15)6-9/h5-7H,2-4,8,15H2,1H3,(H,16,17). The summed E-state index contributed by atoms with van der Waals surface area (Å²) in [5.41, 5.74) is 6.32. The largest absolute Gasteiger partial charge is 0.399 e. The van der Waals surface area contributed by atoms with Crippen LogP contribution in [0.1, 0.15) is 30.1 Å². The molecule has 0 saturated carbocycles. The number of amides is 1. The predicted octanol–water partition coefficient (Wildman–Crippen LogP) is 2.22. The van der Waals surface area contributed by atoms with Gasteiger partial charge < -0.3 is 15.8 Å². The maximum absolute atomic E-state index is 12.1. The maximum Gasteiger partial charge on any atom is 0.251 e. The van der Waals surface area contributed by atoms with Crippen LogP contribution in [0.15, 0.2) is 18.2 Å². The minimum Gasteiger partial charge on any atom is -0.399 e. The molecule has 1 heterocycles. The Kier molecular flexibility index (Phi) is 3.78. The average molecular weight is 269 g/mol. The maximum atomic E-state index is 12.1. The van der Waals surface area contributed by atoms with Crippen molar-refractivity contribution in [3.63, 3.8) is 0 Å². The van der Waals surface area contributed by atoms with Gasteiger partial charge in [-0.05, 0) is 38.0 Å². The van der Waals surface area contributed by atoms with Crippen LogP contribution in [-0.4, -0.2) is 24.7 Å². The first-order valence-electron chi connectivity index (χ1n) is 5.95. The van der Waals surface area contributed by atoms with E-state index in [1.54, 1.807) is 18.2 Å². The average Bonchev–Trinajstić information content (AvgIpc) is 2.28. The number of nitrogens with two attached hydrogens (primary N) is 1. The molecule has 4 nitrogen and oxygen atoms in total. The van der Waals surface area contributed by atoms with Gasteiger partial charge in [0.05, 0.1) is 12.1 Å². The lowest BCUT2D eigenvalue weighted by molar-refractivity contribution is 0.0272. The zero-order valence-corrected chi connectivity index (χ0v) is 11.1. The lowest BCUT2D eigenvalue weighted by Gasteiger charge is -2.34. The number of rotatable bonds is 2. The van der Waals surface area contributed by atoms with E-state index in [-0.39, 0.29) is 11.4 Å². The van der Waals surface area contributed by atoms with Gasteiger partial charge in [-0.3, -0.25) is 4.79 Å². The molecule has 1 atom stereocenters. The molecule has 1 aliphatic heterocycles. The van der Waals surface area contributed by atoms with Crippen molar-refractivity contribution in [2.24, 2.45) is 0 Å². The summed E-state index contributed by atoms with van der Waals surface area (Å²) < 4.78 is 5.40. The van der Waals surface area contributed by atoms with E-state index in [0.29, 0.717) is 22.9 Å². The van der Waals surface area contributed by atoms with E-state index in [9.17, 15) is 4.79 Å². The van der Waals surface area contributed by atoms with Crippen LogP contribution >= 0.6 is 11.6 Å². The molecule has 3 N–H and O–H groups in total. The smallest absolute Gasteiger partial charge is 0.251 e. The third-order valence-electron chi connectivity index (χ3n) is 3.04. The summed E-state index contributed by atoms with van der Waals surface area (Å²) in [6.45, 7) is 3.28. The topological polar surface area (TPSA) is 64.4 Å². The molecular formula is C13H17ClN2O2. The fourth-order valence-electron chi connectivity index (χ4n) is 2.12. The summed E-state index contributed by atoms with van der Waals surface area (Å²) in [6, 6.07) is 4.85.